The van der Waals surface area contributed by atoms with Gasteiger partial charge >= 0.3 is 0 Å². The number of rotatable bonds is 2. The first-order valence-corrected chi connectivity index (χ1v) is 4.54. The minimum Gasteiger partial charge on any atom is -0.368 e. The fourth-order valence-electron chi connectivity index (χ4n) is 0.754. The number of nitrogens with zero attached hydrogens (tertiary/aromatic N) is 3. The summed E-state index contributed by atoms with van der Waals surface area (Å²) in [6, 6.07) is 0. The third-order valence-corrected chi connectivity index (χ3v) is 1.48. The van der Waals surface area contributed by atoms with Crippen LogP contribution in [-0.2, 0) is 11.3 Å². The van der Waals surface area contributed by atoms with Crippen molar-refractivity contribution in [3.05, 3.63) is 11.1 Å². The van der Waals surface area contributed by atoms with Gasteiger partial charge in [0.2, 0.25) is 11.2 Å². The van der Waals surface area contributed by atoms with Crippen molar-refractivity contribution in [2.75, 3.05) is 5.73 Å². The summed E-state index contributed by atoms with van der Waals surface area (Å²) in [6.07, 6.45) is 0. The highest BCUT2D eigenvalue weighted by Gasteiger charge is 2.12. The van der Waals surface area contributed by atoms with Gasteiger partial charge in [0.1, 0.15) is 6.61 Å². The van der Waals surface area contributed by atoms with Crippen molar-refractivity contribution >= 4 is 17.5 Å². The second-order valence-corrected chi connectivity index (χ2v) is 4.12. The van der Waals surface area contributed by atoms with Gasteiger partial charge in [0.15, 0.2) is 5.82 Å². The molecule has 0 fully saturated rings. The van der Waals surface area contributed by atoms with Gasteiger partial charge in [-0.05, 0) is 32.4 Å². The Morgan fingerprint density at radius 3 is 2.43 bits per heavy atom. The SMILES string of the molecule is CC(C)(C)OCc1nc(N)nc(Cl)n1. The van der Waals surface area contributed by atoms with Crippen LogP contribution in [0.25, 0.3) is 0 Å². The average Bonchev–Trinajstić information content (AvgIpc) is 1.97. The quantitative estimate of drug-likeness (QED) is 0.810. The molecule has 1 rings (SSSR count). The lowest BCUT2D eigenvalue weighted by Crippen LogP contribution is -2.20. The highest BCUT2D eigenvalue weighted by Crippen LogP contribution is 2.10. The van der Waals surface area contributed by atoms with Crippen LogP contribution in [0.4, 0.5) is 5.95 Å². The van der Waals surface area contributed by atoms with Crippen molar-refractivity contribution in [2.45, 2.75) is 33.0 Å². The maximum absolute atomic E-state index is 5.60. The minimum absolute atomic E-state index is 0.0880. The number of ether oxygens (including phenoxy) is 1. The van der Waals surface area contributed by atoms with E-state index in [1.807, 2.05) is 20.8 Å². The second-order valence-electron chi connectivity index (χ2n) is 3.78. The van der Waals surface area contributed by atoms with E-state index in [1.165, 1.54) is 0 Å². The van der Waals surface area contributed by atoms with Crippen LogP contribution in [0.1, 0.15) is 26.6 Å². The van der Waals surface area contributed by atoms with E-state index in [9.17, 15) is 0 Å². The Morgan fingerprint density at radius 2 is 1.93 bits per heavy atom. The average molecular weight is 217 g/mol. The summed E-state index contributed by atoms with van der Waals surface area (Å²) < 4.78 is 5.46. The smallest absolute Gasteiger partial charge is 0.227 e. The largest absolute Gasteiger partial charge is 0.368 e. The van der Waals surface area contributed by atoms with Gasteiger partial charge < -0.3 is 10.5 Å². The van der Waals surface area contributed by atoms with Crippen LogP contribution in [0.3, 0.4) is 0 Å². The topological polar surface area (TPSA) is 73.9 Å². The molecule has 2 N–H and O–H groups in total. The van der Waals surface area contributed by atoms with E-state index in [2.05, 4.69) is 15.0 Å². The molecule has 0 aliphatic heterocycles. The Labute approximate surface area is 87.7 Å². The first-order valence-electron chi connectivity index (χ1n) is 4.17. The van der Waals surface area contributed by atoms with Gasteiger partial charge in [-0.3, -0.25) is 0 Å². The lowest BCUT2D eigenvalue weighted by atomic mass is 10.2. The number of halogens is 1. The Balaban J connectivity index is 2.68. The molecular formula is C8H13ClN4O. The maximum atomic E-state index is 5.60. The first-order chi connectivity index (χ1) is 6.37. The summed E-state index contributed by atoms with van der Waals surface area (Å²) >= 11 is 5.60. The molecule has 0 unspecified atom stereocenters. The fourth-order valence-corrected chi connectivity index (χ4v) is 0.938. The predicted molar refractivity (Wildman–Crippen MR) is 53.8 cm³/mol. The molecule has 0 aromatic carbocycles. The Bertz CT molecular complexity index is 303. The van der Waals surface area contributed by atoms with E-state index < -0.39 is 0 Å². The lowest BCUT2D eigenvalue weighted by molar-refractivity contribution is -0.0181. The van der Waals surface area contributed by atoms with Crippen LogP contribution >= 0.6 is 11.6 Å². The molecule has 1 aromatic rings. The molecule has 0 saturated carbocycles. The zero-order valence-corrected chi connectivity index (χ0v) is 9.17. The van der Waals surface area contributed by atoms with Crippen molar-refractivity contribution < 1.29 is 4.74 Å². The molecule has 1 aromatic heterocycles. The van der Waals surface area contributed by atoms with Gasteiger partial charge in [0.25, 0.3) is 0 Å². The number of hydrogen-bond donors (Lipinski definition) is 1. The van der Waals surface area contributed by atoms with E-state index >= 15 is 0 Å². The summed E-state index contributed by atoms with van der Waals surface area (Å²) in [6.45, 7) is 6.10. The summed E-state index contributed by atoms with van der Waals surface area (Å²) in [4.78, 5) is 11.4. The number of anilines is 1. The standard InChI is InChI=1S/C8H13ClN4O/c1-8(2,3)14-4-5-11-6(9)13-7(10)12-5/h4H2,1-3H3,(H2,10,11,12,13). The second kappa shape index (κ2) is 4.06. The first kappa shape index (κ1) is 11.1. The molecule has 0 radical (unpaired) electrons. The monoisotopic (exact) mass is 216 g/mol. The van der Waals surface area contributed by atoms with E-state index in [0.717, 1.165) is 0 Å². The highest BCUT2D eigenvalue weighted by molar-refractivity contribution is 6.28. The number of aromatic nitrogens is 3. The molecule has 1 heterocycles. The van der Waals surface area contributed by atoms with Gasteiger partial charge in [-0.1, -0.05) is 0 Å². The highest BCUT2D eigenvalue weighted by atomic mass is 35.5. The van der Waals surface area contributed by atoms with E-state index in [-0.39, 0.29) is 23.4 Å². The van der Waals surface area contributed by atoms with Crippen LogP contribution in [0, 0.1) is 0 Å². The molecular weight excluding hydrogens is 204 g/mol. The van der Waals surface area contributed by atoms with Gasteiger partial charge in [-0.2, -0.15) is 9.97 Å². The number of nitrogens with two attached hydrogens (primary N) is 1. The molecule has 0 saturated heterocycles. The lowest BCUT2D eigenvalue weighted by Gasteiger charge is -2.18. The molecule has 0 amide bonds. The Morgan fingerprint density at radius 1 is 1.29 bits per heavy atom. The van der Waals surface area contributed by atoms with Crippen LogP contribution < -0.4 is 5.73 Å². The summed E-state index contributed by atoms with van der Waals surface area (Å²) in [5, 5.41) is 0.0880. The molecule has 78 valence electrons. The Kier molecular flexibility index (Phi) is 3.23. The molecule has 0 aliphatic carbocycles. The zero-order chi connectivity index (χ0) is 10.8. The van der Waals surface area contributed by atoms with E-state index in [0.29, 0.717) is 5.82 Å². The summed E-state index contributed by atoms with van der Waals surface area (Å²) in [5.74, 6) is 0.551. The van der Waals surface area contributed by atoms with Gasteiger partial charge in [0, 0.05) is 0 Å². The molecule has 6 heteroatoms. The molecule has 0 atom stereocenters. The number of nitrogen functional groups attached to an aromatic ring is 1. The molecule has 0 bridgehead atoms. The van der Waals surface area contributed by atoms with Crippen LogP contribution in [0.2, 0.25) is 5.28 Å². The van der Waals surface area contributed by atoms with Crippen molar-refractivity contribution in [3.63, 3.8) is 0 Å². The third-order valence-electron chi connectivity index (χ3n) is 1.31. The van der Waals surface area contributed by atoms with Crippen molar-refractivity contribution in [3.8, 4) is 0 Å². The van der Waals surface area contributed by atoms with E-state index in [4.69, 9.17) is 22.1 Å². The van der Waals surface area contributed by atoms with E-state index in [1.54, 1.807) is 0 Å². The van der Waals surface area contributed by atoms with Crippen LogP contribution in [-0.4, -0.2) is 20.6 Å². The molecule has 5 nitrogen and oxygen atoms in total. The van der Waals surface area contributed by atoms with Crippen LogP contribution in [0.5, 0.6) is 0 Å². The molecule has 14 heavy (non-hydrogen) atoms. The van der Waals surface area contributed by atoms with Crippen molar-refractivity contribution in [1.82, 2.24) is 15.0 Å². The molecule has 0 aliphatic rings. The van der Waals surface area contributed by atoms with Crippen molar-refractivity contribution in [2.24, 2.45) is 0 Å². The fraction of sp³-hybridized carbons (Fsp3) is 0.625. The third kappa shape index (κ3) is 3.85. The van der Waals surface area contributed by atoms with Gasteiger partial charge in [-0.15, -0.1) is 0 Å². The number of hydrogen-bond acceptors (Lipinski definition) is 5. The van der Waals surface area contributed by atoms with Gasteiger partial charge in [-0.25, -0.2) is 4.98 Å². The predicted octanol–water partition coefficient (Wildman–Crippen LogP) is 1.42. The summed E-state index contributed by atoms with van der Waals surface area (Å²) in [5.41, 5.74) is 5.15. The normalized spacial score (nSPS) is 11.7. The Hall–Kier alpha value is -0.940. The zero-order valence-electron chi connectivity index (χ0n) is 8.41. The molecule has 0 spiro atoms. The van der Waals surface area contributed by atoms with Crippen molar-refractivity contribution in [1.29, 1.82) is 0 Å². The van der Waals surface area contributed by atoms with Gasteiger partial charge in [0.05, 0.1) is 5.60 Å². The van der Waals surface area contributed by atoms with Crippen LogP contribution in [0.15, 0.2) is 0 Å². The minimum atomic E-state index is -0.242. The summed E-state index contributed by atoms with van der Waals surface area (Å²) in [7, 11) is 0. The maximum Gasteiger partial charge on any atom is 0.227 e.